The Kier molecular flexibility index (Phi) is 7.42. The van der Waals surface area contributed by atoms with Gasteiger partial charge in [0, 0.05) is 17.7 Å². The Morgan fingerprint density at radius 3 is 2.60 bits per heavy atom. The number of fused-ring (bicyclic) bond motifs is 1. The molecule has 35 heavy (non-hydrogen) atoms. The third-order valence-electron chi connectivity index (χ3n) is 6.81. The summed E-state index contributed by atoms with van der Waals surface area (Å²) in [7, 11) is 0. The molecule has 2 heterocycles. The summed E-state index contributed by atoms with van der Waals surface area (Å²) in [6.07, 6.45) is 5.21. The van der Waals surface area contributed by atoms with Gasteiger partial charge in [0.05, 0.1) is 26.3 Å². The Morgan fingerprint density at radius 2 is 1.89 bits per heavy atom. The summed E-state index contributed by atoms with van der Waals surface area (Å²) in [4.78, 5) is 41.4. The quantitative estimate of drug-likeness (QED) is 0.579. The van der Waals surface area contributed by atoms with E-state index in [0.29, 0.717) is 12.4 Å². The molecule has 0 bridgehead atoms. The second kappa shape index (κ2) is 10.5. The fraction of sp³-hybridized carbons (Fsp3) is 0.538. The highest BCUT2D eigenvalue weighted by atomic mass is 16.5. The smallest absolute Gasteiger partial charge is 0.358 e. The number of amides is 2. The molecule has 1 aromatic carbocycles. The molecule has 4 rings (SSSR count). The minimum Gasteiger partial charge on any atom is -0.494 e. The molecule has 2 aromatic rings. The van der Waals surface area contributed by atoms with E-state index < -0.39 is 11.5 Å². The lowest BCUT2D eigenvalue weighted by Gasteiger charge is -2.44. The number of ether oxygens (including phenoxy) is 2. The first-order valence-electron chi connectivity index (χ1n) is 12.5. The Balaban J connectivity index is 1.70. The first-order chi connectivity index (χ1) is 16.9. The number of rotatable bonds is 8. The third-order valence-corrected chi connectivity index (χ3v) is 6.81. The number of carbonyl (C=O) groups excluding carboxylic acids is 3. The van der Waals surface area contributed by atoms with Gasteiger partial charge in [-0.05, 0) is 39.7 Å². The van der Waals surface area contributed by atoms with Crippen LogP contribution in [-0.4, -0.2) is 57.3 Å². The Hall–Kier alpha value is -3.36. The van der Waals surface area contributed by atoms with Gasteiger partial charge < -0.3 is 19.7 Å². The minimum absolute atomic E-state index is 0.0572. The van der Waals surface area contributed by atoms with E-state index in [-0.39, 0.29) is 48.9 Å². The molecule has 1 N–H and O–H groups in total. The number of hydrogen-bond donors (Lipinski definition) is 1. The van der Waals surface area contributed by atoms with Crippen LogP contribution in [0.4, 0.5) is 0 Å². The molecule has 1 aliphatic carbocycles. The van der Waals surface area contributed by atoms with Crippen molar-refractivity contribution in [1.82, 2.24) is 20.0 Å². The summed E-state index contributed by atoms with van der Waals surface area (Å²) in [5.74, 6) is -0.509. The molecule has 2 amide bonds. The van der Waals surface area contributed by atoms with Crippen molar-refractivity contribution in [1.29, 1.82) is 0 Å². The van der Waals surface area contributed by atoms with Crippen molar-refractivity contribution in [3.63, 3.8) is 0 Å². The number of aromatic nitrogens is 2. The van der Waals surface area contributed by atoms with Crippen LogP contribution in [0.15, 0.2) is 30.3 Å². The van der Waals surface area contributed by atoms with E-state index in [1.54, 1.807) is 18.7 Å². The predicted octanol–water partition coefficient (Wildman–Crippen LogP) is 3.32. The van der Waals surface area contributed by atoms with E-state index in [1.807, 2.05) is 31.2 Å². The van der Waals surface area contributed by atoms with Crippen LogP contribution in [0.1, 0.15) is 79.4 Å². The fourth-order valence-corrected chi connectivity index (χ4v) is 4.88. The third kappa shape index (κ3) is 5.04. The van der Waals surface area contributed by atoms with Gasteiger partial charge in [-0.25, -0.2) is 4.79 Å². The molecule has 188 valence electrons. The van der Waals surface area contributed by atoms with E-state index in [1.165, 1.54) is 17.2 Å². The standard InChI is InChI=1S/C26H34N4O5/c1-4-34-22-14-10-9-11-18(22)16-29-23(31)21-15-20(24(32)35-5-2)28-30(21)17-26(29,3)25(33)27-19-12-7-6-8-13-19/h9-11,14-15,19H,4-8,12-13,16-17H2,1-3H3,(H,27,33)/t26-/m1/s1. The molecule has 0 spiro atoms. The number of nitrogens with one attached hydrogen (secondary N) is 1. The van der Waals surface area contributed by atoms with Crippen LogP contribution in [0, 0.1) is 0 Å². The average Bonchev–Trinajstić information content (AvgIpc) is 3.28. The zero-order chi connectivity index (χ0) is 25.0. The van der Waals surface area contributed by atoms with Crippen molar-refractivity contribution in [3.05, 3.63) is 47.3 Å². The number of nitrogens with zero attached hydrogens (tertiary/aromatic N) is 3. The topological polar surface area (TPSA) is 103 Å². The van der Waals surface area contributed by atoms with Crippen LogP contribution in [-0.2, 0) is 22.6 Å². The largest absolute Gasteiger partial charge is 0.494 e. The van der Waals surface area contributed by atoms with Crippen molar-refractivity contribution in [2.75, 3.05) is 13.2 Å². The van der Waals surface area contributed by atoms with Crippen LogP contribution in [0.2, 0.25) is 0 Å². The molecule has 0 unspecified atom stereocenters. The van der Waals surface area contributed by atoms with Gasteiger partial charge in [-0.15, -0.1) is 0 Å². The fourth-order valence-electron chi connectivity index (χ4n) is 4.88. The number of benzene rings is 1. The van der Waals surface area contributed by atoms with Gasteiger partial charge in [-0.3, -0.25) is 14.3 Å². The molecule has 1 aliphatic heterocycles. The maximum Gasteiger partial charge on any atom is 0.358 e. The maximum absolute atomic E-state index is 13.8. The maximum atomic E-state index is 13.8. The van der Waals surface area contributed by atoms with Gasteiger partial charge in [-0.1, -0.05) is 37.5 Å². The monoisotopic (exact) mass is 482 g/mol. The SMILES string of the molecule is CCOC(=O)c1cc2n(n1)C[C@](C)(C(=O)NC1CCCCC1)N(Cc1ccccc1OCC)C2=O. The summed E-state index contributed by atoms with van der Waals surface area (Å²) < 4.78 is 12.3. The lowest BCUT2D eigenvalue weighted by molar-refractivity contribution is -0.134. The Labute approximate surface area is 205 Å². The lowest BCUT2D eigenvalue weighted by Crippen LogP contribution is -2.64. The molecule has 1 saturated carbocycles. The highest BCUT2D eigenvalue weighted by Crippen LogP contribution is 2.32. The first-order valence-corrected chi connectivity index (χ1v) is 12.5. The number of para-hydroxylation sites is 1. The van der Waals surface area contributed by atoms with Crippen molar-refractivity contribution >= 4 is 17.8 Å². The molecule has 1 fully saturated rings. The van der Waals surface area contributed by atoms with E-state index in [4.69, 9.17) is 9.47 Å². The van der Waals surface area contributed by atoms with Gasteiger partial charge in [0.2, 0.25) is 5.91 Å². The average molecular weight is 483 g/mol. The highest BCUT2D eigenvalue weighted by molar-refractivity contribution is 6.01. The van der Waals surface area contributed by atoms with Gasteiger partial charge >= 0.3 is 5.97 Å². The predicted molar refractivity (Wildman–Crippen MR) is 129 cm³/mol. The van der Waals surface area contributed by atoms with E-state index in [2.05, 4.69) is 10.4 Å². The molecule has 1 atom stereocenters. The molecule has 1 aromatic heterocycles. The molecule has 0 radical (unpaired) electrons. The van der Waals surface area contributed by atoms with Gasteiger partial charge in [0.15, 0.2) is 5.69 Å². The van der Waals surface area contributed by atoms with Crippen LogP contribution < -0.4 is 10.1 Å². The molecule has 9 nitrogen and oxygen atoms in total. The zero-order valence-corrected chi connectivity index (χ0v) is 20.7. The summed E-state index contributed by atoms with van der Waals surface area (Å²) in [5.41, 5.74) is -0.0941. The molecule has 0 saturated heterocycles. The summed E-state index contributed by atoms with van der Waals surface area (Å²) in [5, 5.41) is 7.51. The Morgan fingerprint density at radius 1 is 1.14 bits per heavy atom. The van der Waals surface area contributed by atoms with Crippen molar-refractivity contribution in [2.45, 2.75) is 77.5 Å². The van der Waals surface area contributed by atoms with E-state index in [0.717, 1.165) is 31.2 Å². The van der Waals surface area contributed by atoms with Crippen LogP contribution in [0.3, 0.4) is 0 Å². The number of esters is 1. The summed E-state index contributed by atoms with van der Waals surface area (Å²) in [6, 6.07) is 9.05. The molecular formula is C26H34N4O5. The summed E-state index contributed by atoms with van der Waals surface area (Å²) in [6.45, 7) is 6.38. The second-order valence-electron chi connectivity index (χ2n) is 9.31. The van der Waals surface area contributed by atoms with Crippen molar-refractivity contribution in [3.8, 4) is 5.75 Å². The number of carbonyl (C=O) groups is 3. The van der Waals surface area contributed by atoms with Crippen LogP contribution in [0.5, 0.6) is 5.75 Å². The van der Waals surface area contributed by atoms with Gasteiger partial charge in [0.25, 0.3) is 5.91 Å². The minimum atomic E-state index is -1.21. The van der Waals surface area contributed by atoms with E-state index >= 15 is 0 Å². The first kappa shape index (κ1) is 24.8. The molecule has 9 heteroatoms. The summed E-state index contributed by atoms with van der Waals surface area (Å²) >= 11 is 0. The van der Waals surface area contributed by atoms with Gasteiger partial charge in [-0.2, -0.15) is 5.10 Å². The Bertz CT molecular complexity index is 1090. The number of hydrogen-bond acceptors (Lipinski definition) is 6. The van der Waals surface area contributed by atoms with E-state index in [9.17, 15) is 14.4 Å². The second-order valence-corrected chi connectivity index (χ2v) is 9.31. The molecule has 2 aliphatic rings. The normalized spacial score (nSPS) is 20.3. The highest BCUT2D eigenvalue weighted by Gasteiger charge is 2.49. The van der Waals surface area contributed by atoms with Crippen molar-refractivity contribution < 1.29 is 23.9 Å². The van der Waals surface area contributed by atoms with Crippen LogP contribution in [0.25, 0.3) is 0 Å². The van der Waals surface area contributed by atoms with Crippen molar-refractivity contribution in [2.24, 2.45) is 0 Å². The lowest BCUT2D eigenvalue weighted by atomic mass is 9.91. The molecular weight excluding hydrogens is 448 g/mol. The van der Waals surface area contributed by atoms with Gasteiger partial charge in [0.1, 0.15) is 17.0 Å². The van der Waals surface area contributed by atoms with Crippen LogP contribution >= 0.6 is 0 Å². The zero-order valence-electron chi connectivity index (χ0n) is 20.7.